The molecule has 0 atom stereocenters. The molecular formula is C33H42ClF3N2O. The molecule has 0 unspecified atom stereocenters. The van der Waals surface area contributed by atoms with E-state index in [9.17, 15) is 23.2 Å². The van der Waals surface area contributed by atoms with E-state index in [1.165, 1.54) is 26.3 Å². The minimum absolute atomic E-state index is 0.0442. The standard InChI is InChI=1S/C19H23ClF3NO.C14H19N/c1-7-10-15(8-2)16(9-3)11-17(19(21,22)23)13(5)24-18(12(4)20)14(6)25;1-3-10-14(12-15,11-4-2)13-8-6-5-7-9-13/h7-11H,1-6H3;5-9H,3-4,10-11H2,1-2H3/b10-7-,15-8+,16-9+,17-11+,18-12+,24-13+;. The lowest BCUT2D eigenvalue weighted by Gasteiger charge is -2.26. The maximum atomic E-state index is 13.5. The summed E-state index contributed by atoms with van der Waals surface area (Å²) in [6.07, 6.45) is 7.20. The second-order valence-corrected chi connectivity index (χ2v) is 9.81. The van der Waals surface area contributed by atoms with Crippen LogP contribution < -0.4 is 0 Å². The number of carbonyl (C=O) groups is 1. The predicted octanol–water partition coefficient (Wildman–Crippen LogP) is 10.5. The fourth-order valence-electron chi connectivity index (χ4n) is 4.25. The first-order chi connectivity index (χ1) is 18.8. The Kier molecular flexibility index (Phi) is 16.8. The van der Waals surface area contributed by atoms with Gasteiger partial charge in [0.15, 0.2) is 5.78 Å². The quantitative estimate of drug-likeness (QED) is 0.150. The SMILES string of the molecule is CCCC(C#N)(CCC)c1ccccc1.C\C=C/C(=C\C)C(=C/C)/C=C(\C(C)=N\C(C(C)=O)=C(/C)Cl)C(F)(F)F. The van der Waals surface area contributed by atoms with E-state index >= 15 is 0 Å². The molecule has 0 spiro atoms. The molecule has 40 heavy (non-hydrogen) atoms. The maximum Gasteiger partial charge on any atom is 0.418 e. The van der Waals surface area contributed by atoms with E-state index in [0.29, 0.717) is 11.1 Å². The monoisotopic (exact) mass is 574 g/mol. The topological polar surface area (TPSA) is 53.2 Å². The van der Waals surface area contributed by atoms with E-state index < -0.39 is 17.5 Å². The highest BCUT2D eigenvalue weighted by Crippen LogP contribution is 2.33. The van der Waals surface area contributed by atoms with Gasteiger partial charge in [0.2, 0.25) is 0 Å². The second kappa shape index (κ2) is 18.2. The summed E-state index contributed by atoms with van der Waals surface area (Å²) in [4.78, 5) is 15.4. The van der Waals surface area contributed by atoms with Crippen molar-refractivity contribution in [1.82, 2.24) is 0 Å². The smallest absolute Gasteiger partial charge is 0.293 e. The van der Waals surface area contributed by atoms with Crippen molar-refractivity contribution >= 4 is 23.1 Å². The van der Waals surface area contributed by atoms with Gasteiger partial charge in [-0.15, -0.1) is 0 Å². The molecule has 0 N–H and O–H groups in total. The zero-order valence-electron chi connectivity index (χ0n) is 24.9. The van der Waals surface area contributed by atoms with E-state index in [-0.39, 0.29) is 21.9 Å². The fourth-order valence-corrected chi connectivity index (χ4v) is 4.42. The number of alkyl halides is 3. The van der Waals surface area contributed by atoms with E-state index in [1.807, 2.05) is 18.2 Å². The number of Topliss-reactive ketones (excluding diaryl/α,β-unsaturated/α-hetero) is 1. The third kappa shape index (κ3) is 11.5. The number of ketones is 1. The zero-order chi connectivity index (χ0) is 30.9. The van der Waals surface area contributed by atoms with Gasteiger partial charge in [0.1, 0.15) is 5.70 Å². The van der Waals surface area contributed by atoms with E-state index in [1.54, 1.807) is 45.1 Å². The molecule has 218 valence electrons. The Morgan fingerprint density at radius 2 is 1.50 bits per heavy atom. The first-order valence-corrected chi connectivity index (χ1v) is 13.8. The van der Waals surface area contributed by atoms with Crippen LogP contribution in [0.25, 0.3) is 0 Å². The van der Waals surface area contributed by atoms with Crippen LogP contribution in [0.4, 0.5) is 13.2 Å². The maximum absolute atomic E-state index is 13.5. The van der Waals surface area contributed by atoms with Crippen molar-refractivity contribution in [3.63, 3.8) is 0 Å². The summed E-state index contributed by atoms with van der Waals surface area (Å²) in [6.45, 7) is 13.3. The first-order valence-electron chi connectivity index (χ1n) is 13.4. The molecule has 1 rings (SSSR count). The molecule has 3 nitrogen and oxygen atoms in total. The first kappa shape index (κ1) is 36.8. The molecule has 0 aliphatic heterocycles. The third-order valence-electron chi connectivity index (χ3n) is 6.13. The predicted molar refractivity (Wildman–Crippen MR) is 162 cm³/mol. The van der Waals surface area contributed by atoms with E-state index in [4.69, 9.17) is 11.6 Å². The van der Waals surface area contributed by atoms with Gasteiger partial charge in [-0.2, -0.15) is 18.4 Å². The number of aliphatic imine (C=N–C) groups is 1. The van der Waals surface area contributed by atoms with Crippen molar-refractivity contribution < 1.29 is 18.0 Å². The molecule has 1 aromatic carbocycles. The summed E-state index contributed by atoms with van der Waals surface area (Å²) < 4.78 is 40.6. The molecule has 0 aliphatic rings. The van der Waals surface area contributed by atoms with Gasteiger partial charge < -0.3 is 0 Å². The van der Waals surface area contributed by atoms with Crippen molar-refractivity contribution in [2.45, 2.75) is 92.7 Å². The molecule has 0 fully saturated rings. The fraction of sp³-hybridized carbons (Fsp3) is 0.424. The number of rotatable bonds is 11. The average molecular weight is 575 g/mol. The molecule has 0 aromatic heterocycles. The normalized spacial score (nSPS) is 14.4. The van der Waals surface area contributed by atoms with Crippen molar-refractivity contribution in [1.29, 1.82) is 5.26 Å². The number of hydrogen-bond acceptors (Lipinski definition) is 3. The molecule has 0 saturated carbocycles. The number of carbonyl (C=O) groups excluding carboxylic acids is 1. The lowest BCUT2D eigenvalue weighted by atomic mass is 9.75. The minimum atomic E-state index is -4.63. The van der Waals surface area contributed by atoms with Crippen molar-refractivity contribution in [3.8, 4) is 6.07 Å². The van der Waals surface area contributed by atoms with E-state index in [2.05, 4.69) is 37.0 Å². The Bertz CT molecular complexity index is 1180. The summed E-state index contributed by atoms with van der Waals surface area (Å²) in [5, 5.41) is 9.49. The van der Waals surface area contributed by atoms with Crippen LogP contribution in [0.5, 0.6) is 0 Å². The van der Waals surface area contributed by atoms with Crippen LogP contribution in [0.2, 0.25) is 0 Å². The minimum Gasteiger partial charge on any atom is -0.293 e. The third-order valence-corrected chi connectivity index (χ3v) is 6.31. The van der Waals surface area contributed by atoms with Crippen LogP contribution in [0, 0.1) is 11.3 Å². The molecule has 0 bridgehead atoms. The summed E-state index contributed by atoms with van der Waals surface area (Å²) in [5.74, 6) is -0.498. The molecule has 7 heteroatoms. The van der Waals surface area contributed by atoms with Crippen LogP contribution in [-0.4, -0.2) is 17.7 Å². The van der Waals surface area contributed by atoms with Gasteiger partial charge in [-0.1, -0.05) is 92.9 Å². The lowest BCUT2D eigenvalue weighted by molar-refractivity contribution is -0.113. The highest BCUT2D eigenvalue weighted by atomic mass is 35.5. The number of nitriles is 1. The number of benzene rings is 1. The number of allylic oxidation sites excluding steroid dienone is 10. The highest BCUT2D eigenvalue weighted by Gasteiger charge is 2.36. The van der Waals surface area contributed by atoms with Gasteiger partial charge in [0.25, 0.3) is 0 Å². The van der Waals surface area contributed by atoms with Gasteiger partial charge in [-0.05, 0) is 70.2 Å². The average Bonchev–Trinajstić information content (AvgIpc) is 2.90. The Hall–Kier alpha value is -3.17. The summed E-state index contributed by atoms with van der Waals surface area (Å²) in [7, 11) is 0. The van der Waals surface area contributed by atoms with Gasteiger partial charge in [0, 0.05) is 12.0 Å². The molecule has 0 heterocycles. The summed E-state index contributed by atoms with van der Waals surface area (Å²) >= 11 is 5.77. The number of halogens is 4. The van der Waals surface area contributed by atoms with E-state index in [0.717, 1.165) is 31.8 Å². The van der Waals surface area contributed by atoms with Gasteiger partial charge in [-0.25, -0.2) is 4.99 Å². The second-order valence-electron chi connectivity index (χ2n) is 9.24. The Morgan fingerprint density at radius 3 is 1.85 bits per heavy atom. The largest absolute Gasteiger partial charge is 0.418 e. The van der Waals surface area contributed by atoms with Crippen molar-refractivity contribution in [2.24, 2.45) is 4.99 Å². The molecule has 0 radical (unpaired) electrons. The summed E-state index contributed by atoms with van der Waals surface area (Å²) in [5.41, 5.74) is 0.528. The van der Waals surface area contributed by atoms with Crippen LogP contribution in [0.3, 0.4) is 0 Å². The molecule has 0 aliphatic carbocycles. The Labute approximate surface area is 243 Å². The van der Waals surface area contributed by atoms with Crippen LogP contribution in [0.1, 0.15) is 86.6 Å². The number of hydrogen-bond donors (Lipinski definition) is 0. The molecular weight excluding hydrogens is 533 g/mol. The lowest BCUT2D eigenvalue weighted by Crippen LogP contribution is -2.23. The molecule has 1 aromatic rings. The Balaban J connectivity index is 0.000000858. The van der Waals surface area contributed by atoms with Crippen molar-refractivity contribution in [2.75, 3.05) is 0 Å². The van der Waals surface area contributed by atoms with Crippen LogP contribution in [0.15, 0.2) is 93.2 Å². The van der Waals surface area contributed by atoms with Gasteiger partial charge in [0.05, 0.1) is 22.8 Å². The molecule has 0 saturated heterocycles. The Morgan fingerprint density at radius 1 is 0.975 bits per heavy atom. The van der Waals surface area contributed by atoms with Crippen LogP contribution >= 0.6 is 11.6 Å². The number of nitrogens with zero attached hydrogens (tertiary/aromatic N) is 2. The zero-order valence-corrected chi connectivity index (χ0v) is 25.7. The van der Waals surface area contributed by atoms with Gasteiger partial charge >= 0.3 is 6.18 Å². The molecule has 0 amide bonds. The van der Waals surface area contributed by atoms with Gasteiger partial charge in [-0.3, -0.25) is 4.79 Å². The van der Waals surface area contributed by atoms with Crippen molar-refractivity contribution in [3.05, 3.63) is 93.7 Å². The van der Waals surface area contributed by atoms with Crippen LogP contribution in [-0.2, 0) is 10.2 Å². The summed E-state index contributed by atoms with van der Waals surface area (Å²) in [6, 6.07) is 12.7. The highest BCUT2D eigenvalue weighted by molar-refractivity contribution is 6.31.